The van der Waals surface area contributed by atoms with Gasteiger partial charge in [-0.2, -0.15) is 0 Å². The van der Waals surface area contributed by atoms with Crippen LogP contribution < -0.4 is 21.3 Å². The summed E-state index contributed by atoms with van der Waals surface area (Å²) in [5.74, 6) is -0.312. The third kappa shape index (κ3) is 6.00. The summed E-state index contributed by atoms with van der Waals surface area (Å²) in [5, 5.41) is 13.7. The number of hydrogen-bond donors (Lipinski definition) is 4. The summed E-state index contributed by atoms with van der Waals surface area (Å²) in [6.07, 6.45) is 2.50. The maximum Gasteiger partial charge on any atom is 0.321 e. The summed E-state index contributed by atoms with van der Waals surface area (Å²) in [6, 6.07) is 5.57. The number of nitrogens with zero attached hydrogens (tertiary/aromatic N) is 1. The van der Waals surface area contributed by atoms with Gasteiger partial charge in [-0.15, -0.1) is 11.3 Å². The summed E-state index contributed by atoms with van der Waals surface area (Å²) in [4.78, 5) is 28.2. The predicted octanol–water partition coefficient (Wildman–Crippen LogP) is 2.01. The van der Waals surface area contributed by atoms with E-state index in [2.05, 4.69) is 26.3 Å². The number of hydrogen-bond acceptors (Lipinski definition) is 5. The average molecular weight is 391 g/mol. The fourth-order valence-electron chi connectivity index (χ4n) is 2.80. The van der Waals surface area contributed by atoms with Crippen molar-refractivity contribution in [2.45, 2.75) is 31.8 Å². The largest absolute Gasteiger partial charge is 0.354 e. The standard InChI is InChI=1S/C18H22FN5O2S/c19-13-4-1-3-12(9-13)10-22-17(26)24-18-23-14(11-27-18)6-8-21-16(25)15-5-2-7-20-15/h1,3-4,9,11,15,20H,2,5-8,10H2,(H,21,25)(H2,22,23,24,26). The van der Waals surface area contributed by atoms with Crippen LogP contribution in [0.2, 0.25) is 0 Å². The van der Waals surface area contributed by atoms with Gasteiger partial charge in [-0.1, -0.05) is 12.1 Å². The number of anilines is 1. The molecule has 1 unspecified atom stereocenters. The molecule has 0 spiro atoms. The van der Waals surface area contributed by atoms with Crippen LogP contribution >= 0.6 is 11.3 Å². The highest BCUT2D eigenvalue weighted by atomic mass is 32.1. The fraction of sp³-hybridized carbons (Fsp3) is 0.389. The van der Waals surface area contributed by atoms with Crippen molar-refractivity contribution in [1.29, 1.82) is 0 Å². The number of amides is 3. The molecule has 1 aromatic carbocycles. The topological polar surface area (TPSA) is 95.2 Å². The monoisotopic (exact) mass is 391 g/mol. The third-order valence-corrected chi connectivity index (χ3v) is 4.98. The molecule has 144 valence electrons. The van der Waals surface area contributed by atoms with E-state index in [1.165, 1.54) is 23.5 Å². The molecule has 0 aliphatic carbocycles. The first-order chi connectivity index (χ1) is 13.1. The van der Waals surface area contributed by atoms with Crippen LogP contribution in [0.5, 0.6) is 0 Å². The van der Waals surface area contributed by atoms with E-state index in [0.29, 0.717) is 23.7 Å². The first kappa shape index (κ1) is 19.2. The van der Waals surface area contributed by atoms with E-state index < -0.39 is 6.03 Å². The number of aromatic nitrogens is 1. The van der Waals surface area contributed by atoms with E-state index in [1.807, 2.05) is 5.38 Å². The highest BCUT2D eigenvalue weighted by Crippen LogP contribution is 2.15. The van der Waals surface area contributed by atoms with Crippen molar-refractivity contribution in [3.8, 4) is 0 Å². The van der Waals surface area contributed by atoms with Gasteiger partial charge in [0.25, 0.3) is 0 Å². The molecule has 1 atom stereocenters. The van der Waals surface area contributed by atoms with E-state index in [9.17, 15) is 14.0 Å². The number of carbonyl (C=O) groups excluding carboxylic acids is 2. The molecule has 0 bridgehead atoms. The molecule has 1 fully saturated rings. The zero-order valence-corrected chi connectivity index (χ0v) is 15.6. The van der Waals surface area contributed by atoms with Crippen molar-refractivity contribution in [3.05, 3.63) is 46.7 Å². The lowest BCUT2D eigenvalue weighted by Crippen LogP contribution is -2.41. The molecule has 2 heterocycles. The number of carbonyl (C=O) groups is 2. The van der Waals surface area contributed by atoms with E-state index in [0.717, 1.165) is 25.1 Å². The van der Waals surface area contributed by atoms with E-state index >= 15 is 0 Å². The predicted molar refractivity (Wildman–Crippen MR) is 102 cm³/mol. The lowest BCUT2D eigenvalue weighted by molar-refractivity contribution is -0.122. The highest BCUT2D eigenvalue weighted by Gasteiger charge is 2.21. The Hall–Kier alpha value is -2.52. The summed E-state index contributed by atoms with van der Waals surface area (Å²) < 4.78 is 13.1. The van der Waals surface area contributed by atoms with Crippen molar-refractivity contribution in [2.24, 2.45) is 0 Å². The molecule has 1 saturated heterocycles. The molecule has 27 heavy (non-hydrogen) atoms. The maximum absolute atomic E-state index is 13.1. The van der Waals surface area contributed by atoms with Crippen LogP contribution in [0.15, 0.2) is 29.6 Å². The van der Waals surface area contributed by atoms with Gasteiger partial charge in [0.2, 0.25) is 5.91 Å². The second-order valence-electron chi connectivity index (χ2n) is 6.27. The van der Waals surface area contributed by atoms with Gasteiger partial charge < -0.3 is 16.0 Å². The Bertz CT molecular complexity index is 792. The number of benzene rings is 1. The van der Waals surface area contributed by atoms with Crippen LogP contribution in [0.3, 0.4) is 0 Å². The second kappa shape index (κ2) is 9.43. The number of urea groups is 1. The minimum atomic E-state index is -0.402. The van der Waals surface area contributed by atoms with Crippen LogP contribution in [0.4, 0.5) is 14.3 Å². The van der Waals surface area contributed by atoms with Gasteiger partial charge >= 0.3 is 6.03 Å². The maximum atomic E-state index is 13.1. The first-order valence-corrected chi connectivity index (χ1v) is 9.73. The number of nitrogens with one attached hydrogen (secondary N) is 4. The average Bonchev–Trinajstić information content (AvgIpc) is 3.32. The van der Waals surface area contributed by atoms with Gasteiger partial charge in [0.1, 0.15) is 5.82 Å². The molecule has 1 aliphatic heterocycles. The summed E-state index contributed by atoms with van der Waals surface area (Å²) in [5.41, 5.74) is 1.48. The van der Waals surface area contributed by atoms with E-state index in [1.54, 1.807) is 12.1 Å². The van der Waals surface area contributed by atoms with Crippen LogP contribution in [-0.2, 0) is 17.8 Å². The van der Waals surface area contributed by atoms with Crippen molar-refractivity contribution in [2.75, 3.05) is 18.4 Å². The fourth-order valence-corrected chi connectivity index (χ4v) is 3.53. The minimum Gasteiger partial charge on any atom is -0.354 e. The Morgan fingerprint density at radius 3 is 3.00 bits per heavy atom. The van der Waals surface area contributed by atoms with Crippen molar-refractivity contribution < 1.29 is 14.0 Å². The Morgan fingerprint density at radius 2 is 2.22 bits per heavy atom. The van der Waals surface area contributed by atoms with Gasteiger partial charge in [-0.25, -0.2) is 14.2 Å². The lowest BCUT2D eigenvalue weighted by Gasteiger charge is -2.10. The van der Waals surface area contributed by atoms with E-state index in [-0.39, 0.29) is 24.3 Å². The lowest BCUT2D eigenvalue weighted by atomic mass is 10.2. The van der Waals surface area contributed by atoms with E-state index in [4.69, 9.17) is 0 Å². The molecule has 4 N–H and O–H groups in total. The molecule has 1 aromatic heterocycles. The van der Waals surface area contributed by atoms with Gasteiger partial charge in [-0.05, 0) is 37.1 Å². The quantitative estimate of drug-likeness (QED) is 0.581. The molecule has 0 radical (unpaired) electrons. The minimum absolute atomic E-state index is 0.0257. The normalized spacial score (nSPS) is 16.1. The van der Waals surface area contributed by atoms with Crippen LogP contribution in [0.25, 0.3) is 0 Å². The second-order valence-corrected chi connectivity index (χ2v) is 7.13. The number of halogens is 1. The van der Waals surface area contributed by atoms with Gasteiger partial charge in [0.15, 0.2) is 5.13 Å². The Labute approximate surface area is 160 Å². The molecular formula is C18H22FN5O2S. The zero-order valence-electron chi connectivity index (χ0n) is 14.8. The van der Waals surface area contributed by atoms with Crippen molar-refractivity contribution in [3.63, 3.8) is 0 Å². The van der Waals surface area contributed by atoms with Crippen LogP contribution in [0.1, 0.15) is 24.1 Å². The van der Waals surface area contributed by atoms with Gasteiger partial charge in [-0.3, -0.25) is 10.1 Å². The zero-order chi connectivity index (χ0) is 19.1. The number of rotatable bonds is 7. The van der Waals surface area contributed by atoms with Crippen LogP contribution in [0, 0.1) is 5.82 Å². The SMILES string of the molecule is O=C(NCc1cccc(F)c1)Nc1nc(CCNC(=O)C2CCCN2)cs1. The Kier molecular flexibility index (Phi) is 6.72. The molecule has 3 amide bonds. The van der Waals surface area contributed by atoms with Crippen LogP contribution in [-0.4, -0.2) is 36.1 Å². The van der Waals surface area contributed by atoms with Crippen molar-refractivity contribution >= 4 is 28.4 Å². The van der Waals surface area contributed by atoms with Gasteiger partial charge in [0.05, 0.1) is 11.7 Å². The van der Waals surface area contributed by atoms with Crippen molar-refractivity contribution in [1.82, 2.24) is 20.9 Å². The molecule has 9 heteroatoms. The molecule has 7 nitrogen and oxygen atoms in total. The first-order valence-electron chi connectivity index (χ1n) is 8.85. The summed E-state index contributed by atoms with van der Waals surface area (Å²) in [6.45, 7) is 1.62. The molecule has 2 aromatic rings. The molecular weight excluding hydrogens is 369 g/mol. The molecule has 0 saturated carbocycles. The smallest absolute Gasteiger partial charge is 0.321 e. The Morgan fingerprint density at radius 1 is 1.33 bits per heavy atom. The highest BCUT2D eigenvalue weighted by molar-refractivity contribution is 7.13. The number of thiazole rings is 1. The van der Waals surface area contributed by atoms with Gasteiger partial charge in [0, 0.05) is 24.9 Å². The third-order valence-electron chi connectivity index (χ3n) is 4.17. The molecule has 1 aliphatic rings. The molecule has 3 rings (SSSR count). The Balaban J connectivity index is 1.38. The summed E-state index contributed by atoms with van der Waals surface area (Å²) >= 11 is 1.32. The summed E-state index contributed by atoms with van der Waals surface area (Å²) in [7, 11) is 0.